The third kappa shape index (κ3) is 6.35. The first kappa shape index (κ1) is 25.2. The number of nitrogens with zero attached hydrogens (tertiary/aromatic N) is 1. The van der Waals surface area contributed by atoms with Crippen LogP contribution >= 0.6 is 11.8 Å². The van der Waals surface area contributed by atoms with Crippen molar-refractivity contribution in [1.82, 2.24) is 4.98 Å². The first-order valence-corrected chi connectivity index (χ1v) is 13.0. The Morgan fingerprint density at radius 1 is 1.25 bits per heavy atom. The van der Waals surface area contributed by atoms with Gasteiger partial charge >= 0.3 is 0 Å². The minimum absolute atomic E-state index is 0.0372. The highest BCUT2D eigenvalue weighted by atomic mass is 32.2. The van der Waals surface area contributed by atoms with E-state index in [0.29, 0.717) is 12.3 Å². The number of pyridine rings is 1. The fraction of sp³-hybridized carbons (Fsp3) is 0.692. The summed E-state index contributed by atoms with van der Waals surface area (Å²) in [6.07, 6.45) is 12.0. The van der Waals surface area contributed by atoms with Gasteiger partial charge in [-0.05, 0) is 66.2 Å². The molecule has 0 bridgehead atoms. The topological polar surface area (TPSA) is 57.7 Å². The Morgan fingerprint density at radius 3 is 2.72 bits per heavy atom. The number of Topliss-reactive ketones (excluding diaryl/α,β-unsaturated/α-hetero) is 1. The van der Waals surface area contributed by atoms with Crippen molar-refractivity contribution in [2.24, 2.45) is 17.8 Å². The van der Waals surface area contributed by atoms with E-state index in [2.05, 4.69) is 24.8 Å². The number of ketones is 1. The molecule has 1 heterocycles. The smallest absolute Gasteiger partial charge is 0.238 e. The summed E-state index contributed by atoms with van der Waals surface area (Å²) in [5.74, 6) is 7.74. The first-order valence-electron chi connectivity index (χ1n) is 11.6. The molecule has 0 radical (unpaired) electrons. The SMILES string of the molecule is COCC#CC(=O)[C@](Cc1nccc2c1C[C@H](CCC1CC1)C2)(OCOC)[C@@H](C)CSC. The Balaban J connectivity index is 1.88. The van der Waals surface area contributed by atoms with Gasteiger partial charge in [0.1, 0.15) is 13.4 Å². The molecule has 0 amide bonds. The maximum absolute atomic E-state index is 13.5. The lowest BCUT2D eigenvalue weighted by molar-refractivity contribution is -0.167. The van der Waals surface area contributed by atoms with Gasteiger partial charge in [-0.1, -0.05) is 32.1 Å². The molecule has 2 aliphatic rings. The van der Waals surface area contributed by atoms with Crippen molar-refractivity contribution in [3.8, 4) is 11.8 Å². The van der Waals surface area contributed by atoms with E-state index < -0.39 is 5.60 Å². The van der Waals surface area contributed by atoms with Crippen LogP contribution in [0.2, 0.25) is 0 Å². The van der Waals surface area contributed by atoms with Gasteiger partial charge in [0.15, 0.2) is 5.60 Å². The van der Waals surface area contributed by atoms with Gasteiger partial charge in [0, 0.05) is 38.4 Å². The van der Waals surface area contributed by atoms with E-state index in [9.17, 15) is 4.79 Å². The zero-order chi connectivity index (χ0) is 23.0. The Hall–Kier alpha value is -1.39. The summed E-state index contributed by atoms with van der Waals surface area (Å²) in [6.45, 7) is 2.31. The molecule has 0 saturated heterocycles. The average Bonchev–Trinajstić information content (AvgIpc) is 3.52. The molecule has 5 nitrogen and oxygen atoms in total. The van der Waals surface area contributed by atoms with Crippen LogP contribution < -0.4 is 0 Å². The number of carbonyl (C=O) groups excluding carboxylic acids is 1. The molecule has 1 aromatic heterocycles. The molecule has 2 aliphatic carbocycles. The number of thioether (sulfide) groups is 1. The van der Waals surface area contributed by atoms with Crippen LogP contribution in [0.5, 0.6) is 0 Å². The zero-order valence-corrected chi connectivity index (χ0v) is 20.8. The van der Waals surface area contributed by atoms with Crippen LogP contribution in [0, 0.1) is 29.6 Å². The van der Waals surface area contributed by atoms with Gasteiger partial charge in [0.25, 0.3) is 0 Å². The van der Waals surface area contributed by atoms with Crippen molar-refractivity contribution in [2.75, 3.05) is 39.6 Å². The summed E-state index contributed by atoms with van der Waals surface area (Å²) in [7, 11) is 3.15. The van der Waals surface area contributed by atoms with Crippen LogP contribution in [0.3, 0.4) is 0 Å². The fourth-order valence-corrected chi connectivity index (χ4v) is 5.53. The number of fused-ring (bicyclic) bond motifs is 1. The van der Waals surface area contributed by atoms with Crippen LogP contribution in [0.15, 0.2) is 12.3 Å². The number of hydrogen-bond donors (Lipinski definition) is 0. The summed E-state index contributed by atoms with van der Waals surface area (Å²) in [6, 6.07) is 2.15. The van der Waals surface area contributed by atoms with Crippen LogP contribution in [-0.4, -0.2) is 56.0 Å². The Bertz CT molecular complexity index is 829. The van der Waals surface area contributed by atoms with E-state index in [1.165, 1.54) is 36.8 Å². The van der Waals surface area contributed by atoms with Gasteiger partial charge in [-0.25, -0.2) is 0 Å². The molecule has 32 heavy (non-hydrogen) atoms. The van der Waals surface area contributed by atoms with Crippen molar-refractivity contribution < 1.29 is 19.0 Å². The first-order chi connectivity index (χ1) is 15.5. The molecule has 3 rings (SSSR count). The van der Waals surface area contributed by atoms with E-state index in [-0.39, 0.29) is 25.1 Å². The van der Waals surface area contributed by atoms with Crippen LogP contribution in [-0.2, 0) is 38.3 Å². The lowest BCUT2D eigenvalue weighted by atomic mass is 9.80. The number of hydrogen-bond acceptors (Lipinski definition) is 6. The van der Waals surface area contributed by atoms with Gasteiger partial charge in [-0.2, -0.15) is 11.8 Å². The number of aromatic nitrogens is 1. The zero-order valence-electron chi connectivity index (χ0n) is 19.9. The Labute approximate surface area is 197 Å². The van der Waals surface area contributed by atoms with Crippen molar-refractivity contribution in [3.63, 3.8) is 0 Å². The van der Waals surface area contributed by atoms with Crippen molar-refractivity contribution >= 4 is 17.5 Å². The van der Waals surface area contributed by atoms with E-state index in [1.54, 1.807) is 26.0 Å². The second-order valence-corrected chi connectivity index (χ2v) is 10.1. The second kappa shape index (κ2) is 12.2. The molecular weight excluding hydrogens is 422 g/mol. The van der Waals surface area contributed by atoms with Crippen molar-refractivity contribution in [2.45, 2.75) is 57.5 Å². The maximum Gasteiger partial charge on any atom is 0.238 e. The summed E-state index contributed by atoms with van der Waals surface area (Å²) in [5, 5.41) is 0. The molecular formula is C26H37NO4S. The van der Waals surface area contributed by atoms with Gasteiger partial charge < -0.3 is 14.2 Å². The molecule has 176 valence electrons. The van der Waals surface area contributed by atoms with E-state index >= 15 is 0 Å². The molecule has 0 N–H and O–H groups in total. The van der Waals surface area contributed by atoms with Gasteiger partial charge in [-0.3, -0.25) is 9.78 Å². The lowest BCUT2D eigenvalue weighted by Crippen LogP contribution is -2.50. The largest absolute Gasteiger partial charge is 0.372 e. The summed E-state index contributed by atoms with van der Waals surface area (Å²) in [4.78, 5) is 18.2. The highest BCUT2D eigenvalue weighted by Gasteiger charge is 2.45. The van der Waals surface area contributed by atoms with Crippen molar-refractivity contribution in [1.29, 1.82) is 0 Å². The average molecular weight is 460 g/mol. The highest BCUT2D eigenvalue weighted by Crippen LogP contribution is 2.39. The fourth-order valence-electron chi connectivity index (χ4n) is 4.76. The lowest BCUT2D eigenvalue weighted by Gasteiger charge is -2.36. The molecule has 1 aromatic rings. The van der Waals surface area contributed by atoms with Gasteiger partial charge in [0.2, 0.25) is 5.78 Å². The normalized spacial score (nSPS) is 20.2. The molecule has 0 unspecified atom stereocenters. The molecule has 0 spiro atoms. The van der Waals surface area contributed by atoms with Crippen LogP contribution in [0.4, 0.5) is 0 Å². The standard InChI is InChI=1S/C26H37NO4S/c1-19(17-32-4)26(31-18-30-3,25(28)6-5-13-29-2)16-24-23-15-21(10-9-20-7-8-20)14-22(23)11-12-27-24/h11-12,19-21H,7-10,13-18H2,1-4H3/t19-,21+,26+/m0/s1. The maximum atomic E-state index is 13.5. The van der Waals surface area contributed by atoms with E-state index in [1.807, 2.05) is 12.5 Å². The van der Waals surface area contributed by atoms with E-state index in [0.717, 1.165) is 30.2 Å². The summed E-state index contributed by atoms with van der Waals surface area (Å²) in [5.41, 5.74) is 2.57. The quantitative estimate of drug-likeness (QED) is 0.251. The number of ether oxygens (including phenoxy) is 3. The molecule has 0 aromatic carbocycles. The predicted octanol–water partition coefficient (Wildman–Crippen LogP) is 4.11. The summed E-state index contributed by atoms with van der Waals surface area (Å²) < 4.78 is 16.5. The molecule has 6 heteroatoms. The van der Waals surface area contributed by atoms with Gasteiger partial charge in [0.05, 0.1) is 0 Å². The van der Waals surface area contributed by atoms with Gasteiger partial charge in [-0.15, -0.1) is 0 Å². The van der Waals surface area contributed by atoms with Crippen LogP contribution in [0.1, 0.15) is 49.4 Å². The molecule has 1 saturated carbocycles. The molecule has 0 aliphatic heterocycles. The predicted molar refractivity (Wildman–Crippen MR) is 129 cm³/mol. The minimum atomic E-state index is -1.10. The second-order valence-electron chi connectivity index (χ2n) is 9.23. The number of rotatable bonds is 13. The number of methoxy groups -OCH3 is 2. The Morgan fingerprint density at radius 2 is 2.03 bits per heavy atom. The third-order valence-electron chi connectivity index (χ3n) is 6.80. The summed E-state index contributed by atoms with van der Waals surface area (Å²) >= 11 is 1.70. The van der Waals surface area contributed by atoms with Crippen LogP contribution in [0.25, 0.3) is 0 Å². The van der Waals surface area contributed by atoms with E-state index in [4.69, 9.17) is 19.2 Å². The highest BCUT2D eigenvalue weighted by molar-refractivity contribution is 7.98. The third-order valence-corrected chi connectivity index (χ3v) is 7.64. The molecule has 1 fully saturated rings. The Kier molecular flexibility index (Phi) is 9.61. The monoisotopic (exact) mass is 459 g/mol. The van der Waals surface area contributed by atoms with Crippen molar-refractivity contribution in [3.05, 3.63) is 29.1 Å². The number of carbonyl (C=O) groups is 1. The molecule has 3 atom stereocenters. The minimum Gasteiger partial charge on any atom is -0.372 e.